The number of ether oxygens (including phenoxy) is 1. The van der Waals surface area contributed by atoms with Gasteiger partial charge in [0.1, 0.15) is 11.8 Å². The highest BCUT2D eigenvalue weighted by molar-refractivity contribution is 5.90. The van der Waals surface area contributed by atoms with Crippen LogP contribution >= 0.6 is 0 Å². The molecule has 8 heteroatoms. The summed E-state index contributed by atoms with van der Waals surface area (Å²) in [5.41, 5.74) is 6.36. The third-order valence-corrected chi connectivity index (χ3v) is 5.08. The summed E-state index contributed by atoms with van der Waals surface area (Å²) >= 11 is 0. The zero-order valence-corrected chi connectivity index (χ0v) is 15.4. The van der Waals surface area contributed by atoms with E-state index in [1.54, 1.807) is 17.2 Å². The molecule has 1 atom stereocenters. The summed E-state index contributed by atoms with van der Waals surface area (Å²) in [5.74, 6) is -0.539. The number of primary amides is 1. The fourth-order valence-electron chi connectivity index (χ4n) is 3.42. The maximum atomic E-state index is 12.4. The summed E-state index contributed by atoms with van der Waals surface area (Å²) in [4.78, 5) is 33.8. The van der Waals surface area contributed by atoms with Crippen molar-refractivity contribution in [1.29, 1.82) is 0 Å². The molecule has 1 aromatic rings. The second-order valence-electron chi connectivity index (χ2n) is 7.12. The topological polar surface area (TPSA) is 92.0 Å². The predicted octanol–water partition coefficient (Wildman–Crippen LogP) is 0.922. The van der Waals surface area contributed by atoms with Gasteiger partial charge in [-0.3, -0.25) is 9.69 Å². The molecule has 0 aromatic carbocycles. The Morgan fingerprint density at radius 2 is 1.92 bits per heavy atom. The molecule has 2 fully saturated rings. The predicted molar refractivity (Wildman–Crippen MR) is 98.1 cm³/mol. The average Bonchev–Trinajstić information content (AvgIpc) is 3.10. The zero-order valence-electron chi connectivity index (χ0n) is 15.4. The van der Waals surface area contributed by atoms with Crippen molar-refractivity contribution < 1.29 is 14.3 Å². The molecule has 142 valence electrons. The molecule has 1 aromatic heterocycles. The van der Waals surface area contributed by atoms with Gasteiger partial charge in [0.2, 0.25) is 0 Å². The van der Waals surface area contributed by atoms with Crippen LogP contribution in [0.1, 0.15) is 30.8 Å². The first-order valence-corrected chi connectivity index (χ1v) is 9.14. The number of carbonyl (C=O) groups excluding carboxylic acids is 2. The number of amides is 2. The van der Waals surface area contributed by atoms with Crippen molar-refractivity contribution in [2.45, 2.75) is 32.4 Å². The first-order chi connectivity index (χ1) is 12.4. The third-order valence-electron chi connectivity index (χ3n) is 5.08. The quantitative estimate of drug-likeness (QED) is 0.857. The lowest BCUT2D eigenvalue weighted by Crippen LogP contribution is -2.51. The van der Waals surface area contributed by atoms with E-state index >= 15 is 0 Å². The Bertz CT molecular complexity index is 641. The second kappa shape index (κ2) is 7.90. The zero-order chi connectivity index (χ0) is 18.7. The first kappa shape index (κ1) is 18.4. The number of nitrogens with two attached hydrogens (primary N) is 1. The van der Waals surface area contributed by atoms with Crippen molar-refractivity contribution in [3.05, 3.63) is 24.0 Å². The standard InChI is InChI=1S/C18H27N5O3/c1-13(2)21-7-9-22(10-8-21)18(25)26-15-5-6-23(12-15)14-3-4-16(17(19)24)20-11-14/h3-4,11,13,15H,5-10,12H2,1-2H3,(H2,19,24)/t15-/m1/s1. The number of hydrogen-bond donors (Lipinski definition) is 1. The van der Waals surface area contributed by atoms with Gasteiger partial charge in [-0.25, -0.2) is 9.78 Å². The van der Waals surface area contributed by atoms with E-state index in [9.17, 15) is 9.59 Å². The highest BCUT2D eigenvalue weighted by Crippen LogP contribution is 2.22. The highest BCUT2D eigenvalue weighted by Gasteiger charge is 2.29. The second-order valence-corrected chi connectivity index (χ2v) is 7.12. The molecule has 26 heavy (non-hydrogen) atoms. The number of piperazine rings is 1. The molecular formula is C18H27N5O3. The van der Waals surface area contributed by atoms with E-state index in [4.69, 9.17) is 10.5 Å². The van der Waals surface area contributed by atoms with E-state index in [2.05, 4.69) is 28.6 Å². The Morgan fingerprint density at radius 1 is 1.19 bits per heavy atom. The van der Waals surface area contributed by atoms with Crippen LogP contribution in [0.15, 0.2) is 18.3 Å². The molecule has 2 aliphatic heterocycles. The molecule has 0 saturated carbocycles. The smallest absolute Gasteiger partial charge is 0.410 e. The maximum Gasteiger partial charge on any atom is 0.410 e. The number of nitrogens with zero attached hydrogens (tertiary/aromatic N) is 4. The highest BCUT2D eigenvalue weighted by atomic mass is 16.6. The molecule has 0 spiro atoms. The van der Waals surface area contributed by atoms with E-state index in [0.29, 0.717) is 25.7 Å². The largest absolute Gasteiger partial charge is 0.444 e. The van der Waals surface area contributed by atoms with Crippen molar-refractivity contribution in [3.63, 3.8) is 0 Å². The summed E-state index contributed by atoms with van der Waals surface area (Å²) in [6.07, 6.45) is 2.08. The molecule has 2 amide bonds. The SMILES string of the molecule is CC(C)N1CCN(C(=O)O[C@@H]2CCN(c3ccc(C(N)=O)nc3)C2)CC1. The van der Waals surface area contributed by atoms with Crippen LogP contribution in [0.4, 0.5) is 10.5 Å². The number of carbonyl (C=O) groups is 2. The lowest BCUT2D eigenvalue weighted by atomic mass is 10.2. The van der Waals surface area contributed by atoms with Gasteiger partial charge >= 0.3 is 6.09 Å². The summed E-state index contributed by atoms with van der Waals surface area (Å²) in [5, 5.41) is 0. The van der Waals surface area contributed by atoms with Gasteiger partial charge in [-0.1, -0.05) is 0 Å². The van der Waals surface area contributed by atoms with Crippen LogP contribution < -0.4 is 10.6 Å². The van der Waals surface area contributed by atoms with Crippen LogP contribution in [0, 0.1) is 0 Å². The van der Waals surface area contributed by atoms with Gasteiger partial charge in [0.15, 0.2) is 0 Å². The van der Waals surface area contributed by atoms with E-state index in [0.717, 1.165) is 31.7 Å². The van der Waals surface area contributed by atoms with Crippen LogP contribution in [0.25, 0.3) is 0 Å². The summed E-state index contributed by atoms with van der Waals surface area (Å²) < 4.78 is 5.69. The molecule has 0 unspecified atom stereocenters. The fourth-order valence-corrected chi connectivity index (χ4v) is 3.42. The minimum Gasteiger partial charge on any atom is -0.444 e. The fraction of sp³-hybridized carbons (Fsp3) is 0.611. The van der Waals surface area contributed by atoms with E-state index in [-0.39, 0.29) is 17.9 Å². The van der Waals surface area contributed by atoms with Crippen molar-refractivity contribution in [1.82, 2.24) is 14.8 Å². The minimum atomic E-state index is -0.539. The Balaban J connectivity index is 1.48. The number of aromatic nitrogens is 1. The monoisotopic (exact) mass is 361 g/mol. The molecule has 0 bridgehead atoms. The molecule has 3 rings (SSSR count). The first-order valence-electron chi connectivity index (χ1n) is 9.14. The van der Waals surface area contributed by atoms with Crippen molar-refractivity contribution in [3.8, 4) is 0 Å². The summed E-state index contributed by atoms with van der Waals surface area (Å²) in [6, 6.07) is 3.94. The molecular weight excluding hydrogens is 334 g/mol. The molecule has 8 nitrogen and oxygen atoms in total. The van der Waals surface area contributed by atoms with Crippen LogP contribution in [0.3, 0.4) is 0 Å². The van der Waals surface area contributed by atoms with Crippen LogP contribution in [0.5, 0.6) is 0 Å². The van der Waals surface area contributed by atoms with E-state index < -0.39 is 5.91 Å². The maximum absolute atomic E-state index is 12.4. The van der Waals surface area contributed by atoms with Gasteiger partial charge in [0.05, 0.1) is 18.4 Å². The van der Waals surface area contributed by atoms with Crippen LogP contribution in [0.2, 0.25) is 0 Å². The van der Waals surface area contributed by atoms with Gasteiger partial charge < -0.3 is 20.3 Å². The van der Waals surface area contributed by atoms with Crippen LogP contribution in [-0.4, -0.2) is 78.2 Å². The average molecular weight is 361 g/mol. The van der Waals surface area contributed by atoms with E-state index in [1.165, 1.54) is 0 Å². The van der Waals surface area contributed by atoms with Crippen molar-refractivity contribution in [2.24, 2.45) is 5.73 Å². The lowest BCUT2D eigenvalue weighted by Gasteiger charge is -2.36. The molecule has 0 aliphatic carbocycles. The molecule has 2 N–H and O–H groups in total. The number of anilines is 1. The number of hydrogen-bond acceptors (Lipinski definition) is 6. The van der Waals surface area contributed by atoms with Gasteiger partial charge in [-0.15, -0.1) is 0 Å². The number of rotatable bonds is 4. The molecule has 0 radical (unpaired) electrons. The minimum absolute atomic E-state index is 0.124. The Hall–Kier alpha value is -2.35. The molecule has 2 saturated heterocycles. The molecule has 2 aliphatic rings. The van der Waals surface area contributed by atoms with Crippen LogP contribution in [-0.2, 0) is 4.74 Å². The molecule has 3 heterocycles. The normalized spacial score (nSPS) is 21.3. The lowest BCUT2D eigenvalue weighted by molar-refractivity contribution is 0.0474. The Kier molecular flexibility index (Phi) is 5.61. The Morgan fingerprint density at radius 3 is 2.50 bits per heavy atom. The third kappa shape index (κ3) is 4.24. The van der Waals surface area contributed by atoms with Gasteiger partial charge in [-0.2, -0.15) is 0 Å². The van der Waals surface area contributed by atoms with Crippen molar-refractivity contribution >= 4 is 17.7 Å². The van der Waals surface area contributed by atoms with E-state index in [1.807, 2.05) is 6.07 Å². The Labute approximate surface area is 153 Å². The van der Waals surface area contributed by atoms with Gasteiger partial charge in [0.25, 0.3) is 5.91 Å². The summed E-state index contributed by atoms with van der Waals surface area (Å²) in [7, 11) is 0. The van der Waals surface area contributed by atoms with Gasteiger partial charge in [-0.05, 0) is 26.0 Å². The summed E-state index contributed by atoms with van der Waals surface area (Å²) in [6.45, 7) is 8.98. The number of pyridine rings is 1. The van der Waals surface area contributed by atoms with Crippen molar-refractivity contribution in [2.75, 3.05) is 44.2 Å². The van der Waals surface area contributed by atoms with Gasteiger partial charge in [0, 0.05) is 45.2 Å².